The van der Waals surface area contributed by atoms with E-state index in [9.17, 15) is 8.42 Å². The minimum absolute atomic E-state index is 0.0622. The van der Waals surface area contributed by atoms with Gasteiger partial charge in [-0.1, -0.05) is 6.07 Å². The number of pyridine rings is 1. The van der Waals surface area contributed by atoms with Crippen LogP contribution in [0, 0.1) is 0 Å². The van der Waals surface area contributed by atoms with Crippen LogP contribution in [-0.4, -0.2) is 32.0 Å². The summed E-state index contributed by atoms with van der Waals surface area (Å²) in [5, 5.41) is 0. The van der Waals surface area contributed by atoms with Crippen LogP contribution in [-0.2, 0) is 10.0 Å². The van der Waals surface area contributed by atoms with E-state index in [-0.39, 0.29) is 10.7 Å². The molecule has 0 atom stereocenters. The first-order chi connectivity index (χ1) is 11.0. The number of ether oxygens (including phenoxy) is 2. The van der Waals surface area contributed by atoms with Gasteiger partial charge in [-0.25, -0.2) is 13.4 Å². The second-order valence-corrected chi connectivity index (χ2v) is 6.40. The first-order valence-corrected chi connectivity index (χ1v) is 8.20. The number of nitrogens with one attached hydrogen (secondary N) is 1. The van der Waals surface area contributed by atoms with Crippen LogP contribution in [0.5, 0.6) is 11.5 Å². The van der Waals surface area contributed by atoms with Gasteiger partial charge in [0.2, 0.25) is 0 Å². The molecule has 120 valence electrons. The molecule has 3 aromatic rings. The lowest BCUT2D eigenvalue weighted by atomic mass is 10.3. The second kappa shape index (κ2) is 5.81. The number of hydrogen-bond donors (Lipinski definition) is 1. The number of hydrogen-bond acceptors (Lipinski definition) is 5. The summed E-state index contributed by atoms with van der Waals surface area (Å²) in [5.74, 6) is 1.04. The number of methoxy groups -OCH3 is 2. The van der Waals surface area contributed by atoms with E-state index in [2.05, 4.69) is 9.71 Å². The smallest absolute Gasteiger partial charge is 0.263 e. The highest BCUT2D eigenvalue weighted by molar-refractivity contribution is 7.92. The van der Waals surface area contributed by atoms with Gasteiger partial charge >= 0.3 is 0 Å². The van der Waals surface area contributed by atoms with Crippen LogP contribution in [0.1, 0.15) is 0 Å². The van der Waals surface area contributed by atoms with Gasteiger partial charge in [0.05, 0.1) is 25.3 Å². The van der Waals surface area contributed by atoms with Gasteiger partial charge in [0.25, 0.3) is 10.0 Å². The summed E-state index contributed by atoms with van der Waals surface area (Å²) in [4.78, 5) is 4.28. The number of imidazole rings is 1. The Morgan fingerprint density at radius 3 is 2.57 bits per heavy atom. The minimum Gasteiger partial charge on any atom is -0.493 e. The highest BCUT2D eigenvalue weighted by atomic mass is 32.2. The number of nitrogens with zero attached hydrogens (tertiary/aromatic N) is 2. The quantitative estimate of drug-likeness (QED) is 0.774. The number of benzene rings is 1. The monoisotopic (exact) mass is 333 g/mol. The van der Waals surface area contributed by atoms with Gasteiger partial charge in [-0.2, -0.15) is 0 Å². The first kappa shape index (κ1) is 15.2. The van der Waals surface area contributed by atoms with Crippen LogP contribution in [0.25, 0.3) is 5.65 Å². The largest absolute Gasteiger partial charge is 0.493 e. The Labute approximate surface area is 133 Å². The first-order valence-electron chi connectivity index (χ1n) is 6.72. The Morgan fingerprint density at radius 1 is 1.09 bits per heavy atom. The molecule has 1 N–H and O–H groups in total. The molecule has 0 radical (unpaired) electrons. The van der Waals surface area contributed by atoms with Gasteiger partial charge in [-0.3, -0.25) is 4.72 Å². The van der Waals surface area contributed by atoms with Crippen molar-refractivity contribution in [1.29, 1.82) is 0 Å². The predicted molar refractivity (Wildman–Crippen MR) is 85.5 cm³/mol. The summed E-state index contributed by atoms with van der Waals surface area (Å²) in [6, 6.07) is 9.83. The molecular formula is C15H15N3O4S. The molecule has 0 aliphatic rings. The Balaban J connectivity index is 1.95. The zero-order valence-corrected chi connectivity index (χ0v) is 13.4. The summed E-state index contributed by atoms with van der Waals surface area (Å²) in [7, 11) is -0.845. The van der Waals surface area contributed by atoms with Gasteiger partial charge in [0, 0.05) is 12.3 Å². The molecule has 0 unspecified atom stereocenters. The molecule has 0 saturated heterocycles. The van der Waals surface area contributed by atoms with Crippen LogP contribution in [0.3, 0.4) is 0 Å². The molecule has 3 rings (SSSR count). The third-order valence-corrected chi connectivity index (χ3v) is 4.62. The molecule has 0 saturated carbocycles. The molecule has 2 heterocycles. The molecule has 2 aromatic heterocycles. The van der Waals surface area contributed by atoms with Crippen LogP contribution in [0.4, 0.5) is 5.82 Å². The zero-order chi connectivity index (χ0) is 16.4. The van der Waals surface area contributed by atoms with Gasteiger partial charge in [0.1, 0.15) is 5.65 Å². The highest BCUT2D eigenvalue weighted by Gasteiger charge is 2.18. The van der Waals surface area contributed by atoms with Crippen molar-refractivity contribution in [3.8, 4) is 11.5 Å². The fourth-order valence-electron chi connectivity index (χ4n) is 2.16. The Hall–Kier alpha value is -2.74. The lowest BCUT2D eigenvalue weighted by molar-refractivity contribution is 0.354. The van der Waals surface area contributed by atoms with Crippen molar-refractivity contribution in [2.45, 2.75) is 4.90 Å². The number of rotatable bonds is 5. The average molecular weight is 333 g/mol. The molecule has 23 heavy (non-hydrogen) atoms. The number of aromatic nitrogens is 2. The molecule has 0 fully saturated rings. The standard InChI is InChI=1S/C15H15N3O4S/c1-21-12-7-6-11(9-13(12)22-2)23(19,20)17-14-10-18-8-4-3-5-15(18)16-14/h3-10,17H,1-2H3. The third kappa shape index (κ3) is 2.93. The van der Waals surface area contributed by atoms with Crippen molar-refractivity contribution in [3.63, 3.8) is 0 Å². The van der Waals surface area contributed by atoms with E-state index < -0.39 is 10.0 Å². The Morgan fingerprint density at radius 2 is 1.87 bits per heavy atom. The lowest BCUT2D eigenvalue weighted by Gasteiger charge is -2.10. The topological polar surface area (TPSA) is 81.9 Å². The van der Waals surface area contributed by atoms with Crippen molar-refractivity contribution in [1.82, 2.24) is 9.38 Å². The van der Waals surface area contributed by atoms with E-state index >= 15 is 0 Å². The van der Waals surface area contributed by atoms with Crippen molar-refractivity contribution in [2.75, 3.05) is 18.9 Å². The van der Waals surface area contributed by atoms with Crippen molar-refractivity contribution in [2.24, 2.45) is 0 Å². The maximum Gasteiger partial charge on any atom is 0.263 e. The zero-order valence-electron chi connectivity index (χ0n) is 12.6. The van der Waals surface area contributed by atoms with E-state index in [1.165, 1.54) is 32.4 Å². The van der Waals surface area contributed by atoms with Crippen LogP contribution in [0.2, 0.25) is 0 Å². The Bertz CT molecular complexity index is 917. The van der Waals surface area contributed by atoms with Gasteiger partial charge in [0.15, 0.2) is 17.3 Å². The van der Waals surface area contributed by atoms with Gasteiger partial charge in [-0.15, -0.1) is 0 Å². The van der Waals surface area contributed by atoms with Crippen molar-refractivity contribution < 1.29 is 17.9 Å². The van der Waals surface area contributed by atoms with E-state index in [1.807, 2.05) is 12.1 Å². The van der Waals surface area contributed by atoms with Crippen molar-refractivity contribution >= 4 is 21.5 Å². The molecule has 7 nitrogen and oxygen atoms in total. The molecule has 1 aromatic carbocycles. The predicted octanol–water partition coefficient (Wildman–Crippen LogP) is 2.15. The molecule has 8 heteroatoms. The van der Waals surface area contributed by atoms with Gasteiger partial charge < -0.3 is 13.9 Å². The number of sulfonamides is 1. The van der Waals surface area contributed by atoms with Crippen molar-refractivity contribution in [3.05, 3.63) is 48.8 Å². The summed E-state index contributed by atoms with van der Waals surface area (Å²) < 4.78 is 39.4. The van der Waals surface area contributed by atoms with Gasteiger partial charge in [-0.05, 0) is 24.3 Å². The van der Waals surface area contributed by atoms with Crippen LogP contribution >= 0.6 is 0 Å². The lowest BCUT2D eigenvalue weighted by Crippen LogP contribution is -2.13. The number of fused-ring (bicyclic) bond motifs is 1. The average Bonchev–Trinajstić information content (AvgIpc) is 2.95. The maximum atomic E-state index is 12.5. The fourth-order valence-corrected chi connectivity index (χ4v) is 3.17. The molecule has 0 aliphatic heterocycles. The van der Waals surface area contributed by atoms with E-state index in [0.717, 1.165) is 0 Å². The summed E-state index contributed by atoms with van der Waals surface area (Å²) >= 11 is 0. The normalized spacial score (nSPS) is 11.4. The third-order valence-electron chi connectivity index (χ3n) is 3.27. The fraction of sp³-hybridized carbons (Fsp3) is 0.133. The summed E-state index contributed by atoms with van der Waals surface area (Å²) in [5.41, 5.74) is 0.650. The van der Waals surface area contributed by atoms with Crippen LogP contribution in [0.15, 0.2) is 53.7 Å². The van der Waals surface area contributed by atoms with E-state index in [0.29, 0.717) is 17.1 Å². The second-order valence-electron chi connectivity index (χ2n) is 4.71. The molecule has 0 bridgehead atoms. The minimum atomic E-state index is -3.78. The SMILES string of the molecule is COc1ccc(S(=O)(=O)Nc2cn3ccccc3n2)cc1OC. The van der Waals surface area contributed by atoms with E-state index in [1.54, 1.807) is 22.9 Å². The summed E-state index contributed by atoms with van der Waals surface area (Å²) in [6.07, 6.45) is 3.39. The molecular weight excluding hydrogens is 318 g/mol. The number of anilines is 1. The van der Waals surface area contributed by atoms with Crippen LogP contribution < -0.4 is 14.2 Å². The summed E-state index contributed by atoms with van der Waals surface area (Å²) in [6.45, 7) is 0. The molecule has 0 amide bonds. The maximum absolute atomic E-state index is 12.5. The molecule has 0 spiro atoms. The highest BCUT2D eigenvalue weighted by Crippen LogP contribution is 2.30. The molecule has 0 aliphatic carbocycles. The Kier molecular flexibility index (Phi) is 3.83. The van der Waals surface area contributed by atoms with E-state index in [4.69, 9.17) is 9.47 Å².